The first-order chi connectivity index (χ1) is 8.76. The van der Waals surface area contributed by atoms with Gasteiger partial charge in [0.25, 0.3) is 0 Å². The van der Waals surface area contributed by atoms with Crippen LogP contribution >= 0.6 is 12.2 Å². The summed E-state index contributed by atoms with van der Waals surface area (Å²) in [6.07, 6.45) is 0. The van der Waals surface area contributed by atoms with Crippen molar-refractivity contribution in [2.75, 3.05) is 11.9 Å². The molecule has 104 valence electrons. The lowest BCUT2D eigenvalue weighted by Gasteiger charge is -2.21. The number of thiocarbonyl (C=S) groups is 1. The lowest BCUT2D eigenvalue weighted by atomic mass is 10.1. The predicted octanol–water partition coefficient (Wildman–Crippen LogP) is 2.03. The van der Waals surface area contributed by atoms with Gasteiger partial charge in [-0.15, -0.1) is 0 Å². The fraction of sp³-hybridized carbons (Fsp3) is 0.385. The summed E-state index contributed by atoms with van der Waals surface area (Å²) in [4.78, 5) is 11.5. The van der Waals surface area contributed by atoms with Gasteiger partial charge in [0.15, 0.2) is 5.11 Å². The summed E-state index contributed by atoms with van der Waals surface area (Å²) in [6.45, 7) is 5.80. The molecular weight excluding hydrogens is 265 g/mol. The number of carbonyl (C=O) groups excluding carboxylic acids is 1. The van der Waals surface area contributed by atoms with Gasteiger partial charge in [0.2, 0.25) is 5.91 Å². The van der Waals surface area contributed by atoms with Crippen LogP contribution < -0.4 is 16.0 Å². The minimum absolute atomic E-state index is 0.0876. The van der Waals surface area contributed by atoms with Gasteiger partial charge in [0.1, 0.15) is 5.82 Å². The number of halogens is 1. The van der Waals surface area contributed by atoms with Crippen molar-refractivity contribution in [1.29, 1.82) is 0 Å². The number of carbonyl (C=O) groups is 1. The van der Waals surface area contributed by atoms with Gasteiger partial charge in [-0.2, -0.15) is 0 Å². The van der Waals surface area contributed by atoms with Crippen LogP contribution in [-0.4, -0.2) is 23.1 Å². The van der Waals surface area contributed by atoms with E-state index >= 15 is 0 Å². The van der Waals surface area contributed by atoms with E-state index in [9.17, 15) is 9.18 Å². The van der Waals surface area contributed by atoms with Crippen molar-refractivity contribution >= 4 is 28.9 Å². The summed E-state index contributed by atoms with van der Waals surface area (Å²) >= 11 is 5.03. The first-order valence-electron chi connectivity index (χ1n) is 5.88. The minimum atomic E-state index is -0.311. The molecule has 1 amide bonds. The maximum absolute atomic E-state index is 12.7. The Labute approximate surface area is 117 Å². The number of nitrogens with one attached hydrogen (secondary N) is 3. The second-order valence-electron chi connectivity index (χ2n) is 5.11. The Morgan fingerprint density at radius 2 is 1.84 bits per heavy atom. The van der Waals surface area contributed by atoms with E-state index < -0.39 is 0 Å². The zero-order valence-electron chi connectivity index (χ0n) is 11.2. The van der Waals surface area contributed by atoms with Gasteiger partial charge in [-0.3, -0.25) is 4.79 Å². The maximum Gasteiger partial charge on any atom is 0.239 e. The average Bonchev–Trinajstić information content (AvgIpc) is 2.27. The van der Waals surface area contributed by atoms with E-state index in [-0.39, 0.29) is 23.8 Å². The summed E-state index contributed by atoms with van der Waals surface area (Å²) in [6, 6.07) is 5.80. The zero-order valence-corrected chi connectivity index (χ0v) is 12.0. The highest BCUT2D eigenvalue weighted by Crippen LogP contribution is 2.07. The van der Waals surface area contributed by atoms with Crippen LogP contribution in [0.2, 0.25) is 0 Å². The van der Waals surface area contributed by atoms with Gasteiger partial charge in [-0.05, 0) is 57.3 Å². The van der Waals surface area contributed by atoms with Crippen LogP contribution in [0.1, 0.15) is 20.8 Å². The van der Waals surface area contributed by atoms with Crippen LogP contribution in [0.5, 0.6) is 0 Å². The van der Waals surface area contributed by atoms with Gasteiger partial charge in [-0.25, -0.2) is 4.39 Å². The molecule has 0 aliphatic heterocycles. The molecule has 0 aliphatic rings. The molecule has 0 heterocycles. The highest BCUT2D eigenvalue weighted by atomic mass is 32.1. The highest BCUT2D eigenvalue weighted by molar-refractivity contribution is 7.80. The molecule has 1 aromatic carbocycles. The van der Waals surface area contributed by atoms with Gasteiger partial charge in [-0.1, -0.05) is 0 Å². The first-order valence-corrected chi connectivity index (χ1v) is 6.28. The number of hydrogen-bond donors (Lipinski definition) is 3. The summed E-state index contributed by atoms with van der Waals surface area (Å²) in [7, 11) is 0. The van der Waals surface area contributed by atoms with Crippen molar-refractivity contribution in [3.8, 4) is 0 Å². The number of amides is 1. The molecule has 0 fully saturated rings. The van der Waals surface area contributed by atoms with E-state index in [1.165, 1.54) is 12.1 Å². The van der Waals surface area contributed by atoms with E-state index in [0.717, 1.165) is 0 Å². The van der Waals surface area contributed by atoms with Crippen LogP contribution in [0, 0.1) is 5.82 Å². The molecule has 19 heavy (non-hydrogen) atoms. The van der Waals surface area contributed by atoms with E-state index in [1.54, 1.807) is 12.1 Å². The summed E-state index contributed by atoms with van der Waals surface area (Å²) in [5.41, 5.74) is 0.389. The van der Waals surface area contributed by atoms with Crippen molar-refractivity contribution in [2.24, 2.45) is 0 Å². The Hall–Kier alpha value is -1.69. The summed E-state index contributed by atoms with van der Waals surface area (Å²) in [5.74, 6) is -0.454. The smallest absolute Gasteiger partial charge is 0.239 e. The first kappa shape index (κ1) is 15.4. The fourth-order valence-electron chi connectivity index (χ4n) is 1.33. The second-order valence-corrected chi connectivity index (χ2v) is 5.52. The standard InChI is InChI=1S/C13H18FN3OS/c1-13(2,3)17-11(18)8-15-12(19)16-10-6-4-9(14)5-7-10/h4-7H,8H2,1-3H3,(H,17,18)(H2,15,16,19). The molecule has 0 spiro atoms. The lowest BCUT2D eigenvalue weighted by molar-refractivity contribution is -0.121. The van der Waals surface area contributed by atoms with E-state index in [4.69, 9.17) is 12.2 Å². The number of rotatable bonds is 3. The van der Waals surface area contributed by atoms with Gasteiger partial charge in [0.05, 0.1) is 6.54 Å². The topological polar surface area (TPSA) is 53.2 Å². The van der Waals surface area contributed by atoms with Gasteiger partial charge in [0, 0.05) is 11.2 Å². The quantitative estimate of drug-likeness (QED) is 0.743. The molecule has 4 nitrogen and oxygen atoms in total. The molecular formula is C13H18FN3OS. The molecule has 3 N–H and O–H groups in total. The van der Waals surface area contributed by atoms with Gasteiger partial charge >= 0.3 is 0 Å². The monoisotopic (exact) mass is 283 g/mol. The molecule has 1 rings (SSSR count). The number of anilines is 1. The van der Waals surface area contributed by atoms with E-state index in [0.29, 0.717) is 10.8 Å². The van der Waals surface area contributed by atoms with Crippen LogP contribution in [0.15, 0.2) is 24.3 Å². The zero-order chi connectivity index (χ0) is 14.5. The third-order valence-electron chi connectivity index (χ3n) is 2.03. The maximum atomic E-state index is 12.7. The molecule has 0 bridgehead atoms. The predicted molar refractivity (Wildman–Crippen MR) is 78.5 cm³/mol. The molecule has 0 saturated carbocycles. The van der Waals surface area contributed by atoms with Crippen LogP contribution in [-0.2, 0) is 4.79 Å². The van der Waals surface area contributed by atoms with Crippen molar-refractivity contribution < 1.29 is 9.18 Å². The average molecular weight is 283 g/mol. The largest absolute Gasteiger partial charge is 0.353 e. The molecule has 0 aliphatic carbocycles. The van der Waals surface area contributed by atoms with Crippen molar-refractivity contribution in [1.82, 2.24) is 10.6 Å². The number of hydrogen-bond acceptors (Lipinski definition) is 2. The molecule has 0 aromatic heterocycles. The third-order valence-corrected chi connectivity index (χ3v) is 2.27. The summed E-state index contributed by atoms with van der Waals surface area (Å²) in [5, 5.41) is 8.77. The van der Waals surface area contributed by atoms with Gasteiger partial charge < -0.3 is 16.0 Å². The Morgan fingerprint density at radius 3 is 2.37 bits per heavy atom. The molecule has 0 atom stereocenters. The van der Waals surface area contributed by atoms with Crippen LogP contribution in [0.4, 0.5) is 10.1 Å². The summed E-state index contributed by atoms with van der Waals surface area (Å²) < 4.78 is 12.7. The minimum Gasteiger partial charge on any atom is -0.353 e. The highest BCUT2D eigenvalue weighted by Gasteiger charge is 2.13. The molecule has 0 unspecified atom stereocenters. The molecule has 1 aromatic rings. The molecule has 0 radical (unpaired) electrons. The second kappa shape index (κ2) is 6.47. The Kier molecular flexibility index (Phi) is 5.23. The van der Waals surface area contributed by atoms with Crippen LogP contribution in [0.25, 0.3) is 0 Å². The third kappa shape index (κ3) is 6.71. The number of benzene rings is 1. The normalized spacial score (nSPS) is 10.7. The van der Waals surface area contributed by atoms with Crippen molar-refractivity contribution in [3.63, 3.8) is 0 Å². The molecule has 6 heteroatoms. The van der Waals surface area contributed by atoms with Crippen molar-refractivity contribution in [3.05, 3.63) is 30.1 Å². The van der Waals surface area contributed by atoms with E-state index in [2.05, 4.69) is 16.0 Å². The SMILES string of the molecule is CC(C)(C)NC(=O)CNC(=S)Nc1ccc(F)cc1. The lowest BCUT2D eigenvalue weighted by Crippen LogP contribution is -2.46. The Balaban J connectivity index is 2.36. The van der Waals surface area contributed by atoms with Crippen molar-refractivity contribution in [2.45, 2.75) is 26.3 Å². The van der Waals surface area contributed by atoms with Crippen LogP contribution in [0.3, 0.4) is 0 Å². The fourth-order valence-corrected chi connectivity index (χ4v) is 1.52. The van der Waals surface area contributed by atoms with E-state index in [1.807, 2.05) is 20.8 Å². The Bertz CT molecular complexity index is 454. The Morgan fingerprint density at radius 1 is 1.26 bits per heavy atom. The molecule has 0 saturated heterocycles.